The lowest BCUT2D eigenvalue weighted by atomic mass is 9.72. The number of amides is 2. The topological polar surface area (TPSA) is 143 Å². The number of fused-ring (bicyclic) bond motifs is 3. The molecule has 3 fully saturated rings. The number of sulfone groups is 1. The maximum absolute atomic E-state index is 14.6. The van der Waals surface area contributed by atoms with Gasteiger partial charge in [-0.1, -0.05) is 61.4 Å². The Morgan fingerprint density at radius 3 is 2.21 bits per heavy atom. The van der Waals surface area contributed by atoms with Crippen molar-refractivity contribution in [3.63, 3.8) is 0 Å². The van der Waals surface area contributed by atoms with Gasteiger partial charge in [0, 0.05) is 97.8 Å². The van der Waals surface area contributed by atoms with E-state index in [1.807, 2.05) is 47.2 Å². The third-order valence-corrected chi connectivity index (χ3v) is 19.5. The minimum absolute atomic E-state index is 0.00426. The monoisotopic (exact) mass is 1110 g/mol. The molecule has 0 aromatic heterocycles. The number of alkyl halides is 3. The fraction of sp³-hybridized carbons (Fsp3) is 0.491. The highest BCUT2D eigenvalue weighted by atomic mass is 35.5. The third kappa shape index (κ3) is 12.6. The summed E-state index contributed by atoms with van der Waals surface area (Å²) in [5, 5.41) is 3.74. The van der Waals surface area contributed by atoms with E-state index in [1.165, 1.54) is 35.0 Å². The molecule has 2 saturated heterocycles. The lowest BCUT2D eigenvalue weighted by Gasteiger charge is -2.49. The summed E-state index contributed by atoms with van der Waals surface area (Å²) in [6.07, 6.45) is 4.91. The van der Waals surface area contributed by atoms with Crippen molar-refractivity contribution in [2.45, 2.75) is 117 Å². The summed E-state index contributed by atoms with van der Waals surface area (Å²) in [5.41, 5.74) is -1.10. The predicted molar refractivity (Wildman–Crippen MR) is 292 cm³/mol. The van der Waals surface area contributed by atoms with Crippen LogP contribution in [0.15, 0.2) is 111 Å². The first-order valence-corrected chi connectivity index (χ1v) is 30.1. The first-order chi connectivity index (χ1) is 35.4. The molecule has 4 aromatic rings. The maximum atomic E-state index is 14.6. The first kappa shape index (κ1) is 55.1. The van der Waals surface area contributed by atoms with Gasteiger partial charge < -0.3 is 20.0 Å². The van der Waals surface area contributed by atoms with Gasteiger partial charge in [0.2, 0.25) is 0 Å². The number of sulfonamides is 1. The van der Waals surface area contributed by atoms with Crippen LogP contribution in [0.3, 0.4) is 0 Å². The smallest absolute Gasteiger partial charge is 0.380 e. The Labute approximate surface area is 449 Å². The largest absolute Gasteiger partial charge is 0.501 e. The zero-order valence-corrected chi connectivity index (χ0v) is 46.3. The number of hydrogen-bond donors (Lipinski definition) is 2. The molecule has 0 bridgehead atoms. The van der Waals surface area contributed by atoms with Gasteiger partial charge in [-0.25, -0.2) is 21.6 Å². The predicted octanol–water partition coefficient (Wildman–Crippen LogP) is 9.79. The summed E-state index contributed by atoms with van der Waals surface area (Å²) in [5.74, 6) is -0.849. The van der Waals surface area contributed by atoms with Crippen molar-refractivity contribution in [1.82, 2.24) is 19.4 Å². The van der Waals surface area contributed by atoms with Gasteiger partial charge in [-0.3, -0.25) is 19.4 Å². The number of anilines is 3. The first-order valence-electron chi connectivity index (χ1n) is 25.7. The van der Waals surface area contributed by atoms with Crippen LogP contribution in [0.1, 0.15) is 89.1 Å². The molecule has 2 N–H and O–H groups in total. The Kier molecular flexibility index (Phi) is 15.9. The number of carbonyl (C=O) groups is 2. The van der Waals surface area contributed by atoms with Crippen molar-refractivity contribution in [3.05, 3.63) is 113 Å². The van der Waals surface area contributed by atoms with Crippen LogP contribution in [0.25, 0.3) is 5.57 Å². The SMILES string of the molecule is CC1(C)CCC(c2ccc(Cl)cc2)=C(CN2CCN3c4ccc(C(=O)NS(=O)(=O)c5ccc(NC(CCN6CCN(C(C)(C)C)CC6)CSc6ccccc6)c(S(=O)(=O)C(F)(F)F)c5)cc4N(C4CC4)C(=O)C3C2)C1. The average molecular weight is 1110 g/mol. The summed E-state index contributed by atoms with van der Waals surface area (Å²) in [4.78, 5) is 38.1. The average Bonchev–Trinajstić information content (AvgIpc) is 4.20. The number of hydrogen-bond acceptors (Lipinski definition) is 12. The summed E-state index contributed by atoms with van der Waals surface area (Å²) >= 11 is 7.71. The molecule has 2 unspecified atom stereocenters. The van der Waals surface area contributed by atoms with Crippen LogP contribution >= 0.6 is 23.4 Å². The van der Waals surface area contributed by atoms with Crippen LogP contribution in [0.5, 0.6) is 0 Å². The van der Waals surface area contributed by atoms with E-state index >= 15 is 0 Å². The molecule has 20 heteroatoms. The van der Waals surface area contributed by atoms with Gasteiger partial charge in [0.1, 0.15) is 10.9 Å². The highest BCUT2D eigenvalue weighted by molar-refractivity contribution is 7.99. The Bertz CT molecular complexity index is 3030. The molecule has 2 amide bonds. The second kappa shape index (κ2) is 21.7. The van der Waals surface area contributed by atoms with Gasteiger partial charge >= 0.3 is 5.51 Å². The molecule has 3 aliphatic heterocycles. The second-order valence-electron chi connectivity index (χ2n) is 22.3. The molecule has 4 aromatic carbocycles. The minimum atomic E-state index is -6.12. The molecule has 9 rings (SSSR count). The Morgan fingerprint density at radius 2 is 1.55 bits per heavy atom. The zero-order valence-electron chi connectivity index (χ0n) is 43.1. The molecular weight excluding hydrogens is 1040 g/mol. The molecule has 0 spiro atoms. The molecule has 404 valence electrons. The van der Waals surface area contributed by atoms with E-state index in [1.54, 1.807) is 11.0 Å². The van der Waals surface area contributed by atoms with Crippen LogP contribution in [-0.2, 0) is 24.7 Å². The maximum Gasteiger partial charge on any atom is 0.501 e. The molecular formula is C55H67ClF3N7O6S3. The van der Waals surface area contributed by atoms with Crippen LogP contribution in [0, 0.1) is 5.41 Å². The van der Waals surface area contributed by atoms with Crippen molar-refractivity contribution in [1.29, 1.82) is 0 Å². The van der Waals surface area contributed by atoms with Crippen LogP contribution < -0.4 is 19.8 Å². The number of halogens is 4. The number of piperazine rings is 2. The fourth-order valence-corrected chi connectivity index (χ4v) is 14.0. The van der Waals surface area contributed by atoms with Crippen molar-refractivity contribution < 1.29 is 39.6 Å². The number of allylic oxidation sites excluding steroid dienone is 1. The summed E-state index contributed by atoms with van der Waals surface area (Å²) < 4.78 is 100. The Morgan fingerprint density at radius 1 is 0.853 bits per heavy atom. The van der Waals surface area contributed by atoms with Gasteiger partial charge in [0.25, 0.3) is 31.7 Å². The molecule has 13 nitrogen and oxygen atoms in total. The number of nitrogens with one attached hydrogen (secondary N) is 2. The number of benzene rings is 4. The third-order valence-electron chi connectivity index (χ3n) is 15.2. The van der Waals surface area contributed by atoms with E-state index in [0.717, 1.165) is 93.1 Å². The molecule has 0 radical (unpaired) electrons. The van der Waals surface area contributed by atoms with E-state index in [4.69, 9.17) is 11.6 Å². The van der Waals surface area contributed by atoms with Crippen molar-refractivity contribution in [2.75, 3.05) is 79.8 Å². The van der Waals surface area contributed by atoms with E-state index in [-0.39, 0.29) is 28.5 Å². The van der Waals surface area contributed by atoms with Gasteiger partial charge in [0.15, 0.2) is 0 Å². The lowest BCUT2D eigenvalue weighted by Crippen LogP contribution is -2.63. The molecule has 3 heterocycles. The van der Waals surface area contributed by atoms with Crippen molar-refractivity contribution >= 4 is 77.7 Å². The van der Waals surface area contributed by atoms with Gasteiger partial charge in [0.05, 0.1) is 22.0 Å². The van der Waals surface area contributed by atoms with E-state index in [9.17, 15) is 39.6 Å². The Hall–Kier alpha value is -4.63. The Balaban J connectivity index is 0.933. The molecule has 75 heavy (non-hydrogen) atoms. The van der Waals surface area contributed by atoms with Gasteiger partial charge in [-0.2, -0.15) is 13.2 Å². The van der Waals surface area contributed by atoms with E-state index in [0.29, 0.717) is 55.1 Å². The molecule has 2 atom stereocenters. The number of carbonyl (C=O) groups excluding carboxylic acids is 2. The van der Waals surface area contributed by atoms with Crippen LogP contribution in [0.2, 0.25) is 5.02 Å². The molecule has 1 saturated carbocycles. The highest BCUT2D eigenvalue weighted by Crippen LogP contribution is 2.46. The van der Waals surface area contributed by atoms with Crippen molar-refractivity contribution in [2.24, 2.45) is 5.41 Å². The normalized spacial score (nSPS) is 20.7. The van der Waals surface area contributed by atoms with Gasteiger partial charge in [-0.05, 0) is 137 Å². The van der Waals surface area contributed by atoms with E-state index < -0.39 is 58.8 Å². The fourth-order valence-electron chi connectivity index (χ4n) is 10.9. The van der Waals surface area contributed by atoms with E-state index in [2.05, 4.69) is 71.7 Å². The van der Waals surface area contributed by atoms with Crippen LogP contribution in [0.4, 0.5) is 30.2 Å². The lowest BCUT2D eigenvalue weighted by molar-refractivity contribution is -0.121. The minimum Gasteiger partial charge on any atom is -0.380 e. The van der Waals surface area contributed by atoms with Crippen LogP contribution in [-0.4, -0.2) is 137 Å². The summed E-state index contributed by atoms with van der Waals surface area (Å²) in [7, 11) is -11.1. The zero-order chi connectivity index (χ0) is 53.7. The second-order valence-corrected chi connectivity index (χ2v) is 27.4. The summed E-state index contributed by atoms with van der Waals surface area (Å²) in [6, 6.07) is 23.4. The number of rotatable bonds is 16. The highest BCUT2D eigenvalue weighted by Gasteiger charge is 2.49. The quantitative estimate of drug-likeness (QED) is 0.103. The van der Waals surface area contributed by atoms with Gasteiger partial charge in [-0.15, -0.1) is 11.8 Å². The molecule has 2 aliphatic carbocycles. The standard InChI is InChI=1S/C55H67ClF3N7O6S3/c1-53(2,3)64-28-25-62(26-29-64)24-22-41(36-73-43-9-7-6-8-10-43)60-46-19-18-44(32-50(46)74(69,70)55(57,58)59)75(71,72)61-51(67)38-13-20-47-48(31-38)66(42-16-17-42)52(68)49-35-63(27-30-65(47)49)34-39-33-54(4,5)23-21-45(39)37-11-14-40(56)15-12-37/h6-15,18-20,31-32,41-42,49,60H,16-17,21-30,33-36H2,1-5H3,(H,61,67). The number of nitrogens with zero attached hydrogens (tertiary/aromatic N) is 5. The molecule has 5 aliphatic rings. The van der Waals surface area contributed by atoms with Crippen molar-refractivity contribution in [3.8, 4) is 0 Å². The number of thioether (sulfide) groups is 1. The summed E-state index contributed by atoms with van der Waals surface area (Å²) in [6.45, 7) is 17.3.